The van der Waals surface area contributed by atoms with E-state index in [0.717, 1.165) is 12.8 Å². The summed E-state index contributed by atoms with van der Waals surface area (Å²) >= 11 is 0. The Morgan fingerprint density at radius 2 is 2.00 bits per heavy atom. The quantitative estimate of drug-likeness (QED) is 0.780. The minimum Gasteiger partial charge on any atom is -0.352 e. The monoisotopic (exact) mass is 332 g/mol. The standard InChI is InChI=1S/C17H24N4O3/c1-13(2)3-5-19-16(23)14-4-6-18-15(11-14)17(24)21-9-7-20(12-22)8-10-21/h4,6,11-13H,3,5,7-10H2,1-2H3,(H,19,23). The van der Waals surface area contributed by atoms with Crippen molar-refractivity contribution in [3.63, 3.8) is 0 Å². The summed E-state index contributed by atoms with van der Waals surface area (Å²) in [6.45, 7) is 6.79. The molecule has 1 aliphatic rings. The Hall–Kier alpha value is -2.44. The van der Waals surface area contributed by atoms with Gasteiger partial charge >= 0.3 is 0 Å². The second-order valence-corrected chi connectivity index (χ2v) is 6.30. The third kappa shape index (κ3) is 4.78. The van der Waals surface area contributed by atoms with Crippen molar-refractivity contribution in [3.8, 4) is 0 Å². The largest absolute Gasteiger partial charge is 0.352 e. The molecule has 2 rings (SSSR count). The molecule has 1 fully saturated rings. The summed E-state index contributed by atoms with van der Waals surface area (Å²) in [6.07, 6.45) is 3.18. The van der Waals surface area contributed by atoms with E-state index in [9.17, 15) is 14.4 Å². The van der Waals surface area contributed by atoms with Crippen LogP contribution in [0.5, 0.6) is 0 Å². The molecule has 0 atom stereocenters. The highest BCUT2D eigenvalue weighted by molar-refractivity contribution is 5.98. The fraction of sp³-hybridized carbons (Fsp3) is 0.529. The van der Waals surface area contributed by atoms with Crippen molar-refractivity contribution in [3.05, 3.63) is 29.6 Å². The van der Waals surface area contributed by atoms with Crippen LogP contribution in [0.15, 0.2) is 18.3 Å². The molecule has 1 aromatic heterocycles. The zero-order valence-electron chi connectivity index (χ0n) is 14.2. The third-order valence-corrected chi connectivity index (χ3v) is 4.00. The Morgan fingerprint density at radius 3 is 2.62 bits per heavy atom. The van der Waals surface area contributed by atoms with Crippen molar-refractivity contribution in [2.45, 2.75) is 20.3 Å². The molecular formula is C17H24N4O3. The predicted octanol–water partition coefficient (Wildman–Crippen LogP) is 0.772. The summed E-state index contributed by atoms with van der Waals surface area (Å²) < 4.78 is 0. The molecule has 0 aromatic carbocycles. The van der Waals surface area contributed by atoms with E-state index in [1.165, 1.54) is 12.3 Å². The van der Waals surface area contributed by atoms with E-state index in [2.05, 4.69) is 24.1 Å². The lowest BCUT2D eigenvalue weighted by molar-refractivity contribution is -0.119. The van der Waals surface area contributed by atoms with Gasteiger partial charge in [-0.05, 0) is 24.5 Å². The summed E-state index contributed by atoms with van der Waals surface area (Å²) in [5, 5.41) is 2.85. The van der Waals surface area contributed by atoms with Crippen molar-refractivity contribution in [1.29, 1.82) is 0 Å². The van der Waals surface area contributed by atoms with Crippen LogP contribution in [0.4, 0.5) is 0 Å². The number of amides is 3. The maximum absolute atomic E-state index is 12.5. The first-order valence-electron chi connectivity index (χ1n) is 8.24. The van der Waals surface area contributed by atoms with Crippen LogP contribution in [0.3, 0.4) is 0 Å². The van der Waals surface area contributed by atoms with Crippen LogP contribution in [-0.2, 0) is 4.79 Å². The number of pyridine rings is 1. The first-order valence-corrected chi connectivity index (χ1v) is 8.24. The Kier molecular flexibility index (Phi) is 6.28. The van der Waals surface area contributed by atoms with Gasteiger partial charge in [0.2, 0.25) is 6.41 Å². The van der Waals surface area contributed by atoms with Gasteiger partial charge in [-0.3, -0.25) is 19.4 Å². The minimum atomic E-state index is -0.211. The smallest absolute Gasteiger partial charge is 0.272 e. The molecule has 3 amide bonds. The highest BCUT2D eigenvalue weighted by Gasteiger charge is 2.22. The molecular weight excluding hydrogens is 308 g/mol. The lowest BCUT2D eigenvalue weighted by Gasteiger charge is -2.32. The van der Waals surface area contributed by atoms with Crippen LogP contribution in [0.1, 0.15) is 41.1 Å². The molecule has 7 nitrogen and oxygen atoms in total. The first kappa shape index (κ1) is 17.9. The van der Waals surface area contributed by atoms with Crippen LogP contribution in [-0.4, -0.2) is 65.7 Å². The molecule has 2 heterocycles. The van der Waals surface area contributed by atoms with Crippen molar-refractivity contribution in [1.82, 2.24) is 20.1 Å². The predicted molar refractivity (Wildman–Crippen MR) is 89.6 cm³/mol. The molecule has 1 aromatic rings. The van der Waals surface area contributed by atoms with E-state index in [1.807, 2.05) is 0 Å². The molecule has 0 aliphatic carbocycles. The van der Waals surface area contributed by atoms with Gasteiger partial charge in [-0.25, -0.2) is 0 Å². The van der Waals surface area contributed by atoms with Crippen molar-refractivity contribution in [2.24, 2.45) is 5.92 Å². The second-order valence-electron chi connectivity index (χ2n) is 6.30. The van der Waals surface area contributed by atoms with Crippen LogP contribution < -0.4 is 5.32 Å². The van der Waals surface area contributed by atoms with E-state index in [0.29, 0.717) is 44.2 Å². The van der Waals surface area contributed by atoms with Crippen molar-refractivity contribution < 1.29 is 14.4 Å². The molecule has 0 bridgehead atoms. The summed E-state index contributed by atoms with van der Waals surface area (Å²) in [7, 11) is 0. The molecule has 0 saturated carbocycles. The maximum atomic E-state index is 12.5. The highest BCUT2D eigenvalue weighted by Crippen LogP contribution is 2.09. The maximum Gasteiger partial charge on any atom is 0.272 e. The van der Waals surface area contributed by atoms with Gasteiger partial charge in [0.25, 0.3) is 11.8 Å². The Balaban J connectivity index is 1.97. The van der Waals surface area contributed by atoms with Gasteiger partial charge in [-0.1, -0.05) is 13.8 Å². The molecule has 0 unspecified atom stereocenters. The number of hydrogen-bond acceptors (Lipinski definition) is 4. The molecule has 1 N–H and O–H groups in total. The summed E-state index contributed by atoms with van der Waals surface area (Å²) in [5.41, 5.74) is 0.690. The number of aromatic nitrogens is 1. The number of carbonyl (C=O) groups is 3. The molecule has 0 spiro atoms. The van der Waals surface area contributed by atoms with Crippen molar-refractivity contribution in [2.75, 3.05) is 32.7 Å². The van der Waals surface area contributed by atoms with E-state index >= 15 is 0 Å². The van der Waals surface area contributed by atoms with Gasteiger partial charge in [0, 0.05) is 44.5 Å². The number of nitrogens with one attached hydrogen (secondary N) is 1. The fourth-order valence-electron chi connectivity index (χ4n) is 2.46. The topological polar surface area (TPSA) is 82.6 Å². The van der Waals surface area contributed by atoms with Crippen LogP contribution in [0, 0.1) is 5.92 Å². The molecule has 24 heavy (non-hydrogen) atoms. The van der Waals surface area contributed by atoms with Gasteiger partial charge in [0.1, 0.15) is 5.69 Å². The molecule has 1 saturated heterocycles. The fourth-order valence-corrected chi connectivity index (χ4v) is 2.46. The zero-order chi connectivity index (χ0) is 17.5. The lowest BCUT2D eigenvalue weighted by atomic mass is 10.1. The van der Waals surface area contributed by atoms with E-state index in [-0.39, 0.29) is 17.5 Å². The van der Waals surface area contributed by atoms with Crippen molar-refractivity contribution >= 4 is 18.2 Å². The van der Waals surface area contributed by atoms with E-state index in [1.54, 1.807) is 15.9 Å². The number of rotatable bonds is 6. The molecule has 0 radical (unpaired) electrons. The average molecular weight is 332 g/mol. The molecule has 130 valence electrons. The third-order valence-electron chi connectivity index (χ3n) is 4.00. The van der Waals surface area contributed by atoms with Gasteiger partial charge < -0.3 is 15.1 Å². The van der Waals surface area contributed by atoms with Gasteiger partial charge in [-0.2, -0.15) is 0 Å². The highest BCUT2D eigenvalue weighted by atomic mass is 16.2. The second kappa shape index (κ2) is 8.42. The number of carbonyl (C=O) groups excluding carboxylic acids is 3. The first-order chi connectivity index (χ1) is 11.5. The summed E-state index contributed by atoms with van der Waals surface area (Å²) in [6, 6.07) is 3.13. The average Bonchev–Trinajstić information content (AvgIpc) is 2.61. The van der Waals surface area contributed by atoms with E-state index in [4.69, 9.17) is 0 Å². The van der Waals surface area contributed by atoms with Gasteiger partial charge in [0.05, 0.1) is 0 Å². The van der Waals surface area contributed by atoms with Gasteiger partial charge in [0.15, 0.2) is 0 Å². The SMILES string of the molecule is CC(C)CCNC(=O)c1ccnc(C(=O)N2CCN(C=O)CC2)c1. The number of piperazine rings is 1. The van der Waals surface area contributed by atoms with E-state index < -0.39 is 0 Å². The molecule has 7 heteroatoms. The van der Waals surface area contributed by atoms with Gasteiger partial charge in [-0.15, -0.1) is 0 Å². The Labute approximate surface area is 142 Å². The Morgan fingerprint density at radius 1 is 1.29 bits per heavy atom. The number of nitrogens with zero attached hydrogens (tertiary/aromatic N) is 3. The lowest BCUT2D eigenvalue weighted by Crippen LogP contribution is -2.48. The van der Waals surface area contributed by atoms with Crippen LogP contribution >= 0.6 is 0 Å². The normalized spacial score (nSPS) is 14.6. The summed E-state index contributed by atoms with van der Waals surface area (Å²) in [4.78, 5) is 42.7. The molecule has 1 aliphatic heterocycles. The van der Waals surface area contributed by atoms with Crippen LogP contribution in [0.2, 0.25) is 0 Å². The minimum absolute atomic E-state index is 0.196. The zero-order valence-corrected chi connectivity index (χ0v) is 14.2. The Bertz CT molecular complexity index is 595. The van der Waals surface area contributed by atoms with Crippen LogP contribution in [0.25, 0.3) is 0 Å². The number of hydrogen-bond donors (Lipinski definition) is 1. The summed E-state index contributed by atoms with van der Waals surface area (Å²) in [5.74, 6) is 0.111.